The first kappa shape index (κ1) is 26.6. The first-order valence-electron chi connectivity index (χ1n) is 15.1. The van der Waals surface area contributed by atoms with Crippen LogP contribution in [0.4, 0.5) is 5.69 Å². The number of aromatic nitrogens is 1. The Morgan fingerprint density at radius 3 is 1.91 bits per heavy atom. The maximum absolute atomic E-state index is 8.95. The smallest absolute Gasteiger partial charge is 0.156 e. The van der Waals surface area contributed by atoms with Gasteiger partial charge in [0.15, 0.2) is 5.69 Å². The molecule has 0 saturated carbocycles. The average Bonchev–Trinajstić information content (AvgIpc) is 3.10. The fourth-order valence-electron chi connectivity index (χ4n) is 6.39. The fraction of sp³-hybridized carbons (Fsp3) is 0. The molecule has 0 saturated heterocycles. The van der Waals surface area contributed by atoms with Gasteiger partial charge in [0, 0.05) is 24.5 Å². The van der Waals surface area contributed by atoms with Gasteiger partial charge in [-0.25, -0.2) is 0 Å². The van der Waals surface area contributed by atoms with E-state index in [4.69, 9.17) is 10.5 Å². The van der Waals surface area contributed by atoms with Gasteiger partial charge in [0.2, 0.25) is 0 Å². The number of benzene rings is 6. The number of pyridine rings is 1. The van der Waals surface area contributed by atoms with Crippen LogP contribution in [0.1, 0.15) is 5.56 Å². The predicted molar refractivity (Wildman–Crippen MR) is 188 cm³/mol. The minimum Gasteiger partial charge on any atom is -0.298 e. The van der Waals surface area contributed by atoms with E-state index >= 15 is 0 Å². The molecule has 0 atom stereocenters. The Bertz CT molecular complexity index is 2310. The van der Waals surface area contributed by atoms with E-state index in [1.165, 1.54) is 43.4 Å². The number of nitrogens with one attached hydrogen (secondary N) is 1. The van der Waals surface area contributed by atoms with Crippen molar-refractivity contribution in [1.82, 2.24) is 4.98 Å². The molecule has 7 aromatic rings. The second kappa shape index (κ2) is 11.3. The lowest BCUT2D eigenvalue weighted by molar-refractivity contribution is -0.577. The molecular formula is C41H29N4+. The number of hydrogen-bond donors (Lipinski definition) is 2. The lowest BCUT2D eigenvalue weighted by Crippen LogP contribution is -2.71. The molecule has 1 aliphatic rings. The van der Waals surface area contributed by atoms with Gasteiger partial charge in [-0.05, 0) is 96.1 Å². The van der Waals surface area contributed by atoms with Gasteiger partial charge in [-0.3, -0.25) is 10.4 Å². The van der Waals surface area contributed by atoms with E-state index in [1.54, 1.807) is 12.4 Å². The van der Waals surface area contributed by atoms with Crippen LogP contribution in [-0.4, -0.2) is 16.4 Å². The summed E-state index contributed by atoms with van der Waals surface area (Å²) >= 11 is 0. The molecule has 45 heavy (non-hydrogen) atoms. The molecule has 0 spiro atoms. The van der Waals surface area contributed by atoms with Crippen LogP contribution in [0.2, 0.25) is 0 Å². The van der Waals surface area contributed by atoms with Crippen molar-refractivity contribution in [2.45, 2.75) is 0 Å². The van der Waals surface area contributed by atoms with Crippen LogP contribution < -0.4 is 5.43 Å². The van der Waals surface area contributed by atoms with Crippen LogP contribution in [0.5, 0.6) is 0 Å². The second-order valence-corrected chi connectivity index (χ2v) is 11.3. The van der Waals surface area contributed by atoms with E-state index in [2.05, 4.69) is 114 Å². The maximum atomic E-state index is 8.95. The largest absolute Gasteiger partial charge is 0.298 e. The van der Waals surface area contributed by atoms with Crippen LogP contribution in [-0.2, 0) is 0 Å². The van der Waals surface area contributed by atoms with Crippen LogP contribution in [0, 0.1) is 5.41 Å². The van der Waals surface area contributed by atoms with Crippen molar-refractivity contribution in [3.8, 4) is 22.3 Å². The van der Waals surface area contributed by atoms with Crippen molar-refractivity contribution in [2.75, 3.05) is 0 Å². The van der Waals surface area contributed by atoms with Crippen molar-refractivity contribution < 1.29 is 5.43 Å². The highest BCUT2D eigenvalue weighted by Gasteiger charge is 2.20. The SMILES string of the molecule is N=C1C=C(c2c3ccccc3c(-c3ccc4ccccc4c3)c3ccccc23)C=CC1=N[NH2+]c1cccc(-c2ccncc2)c1. The monoisotopic (exact) mass is 577 g/mol. The Hall–Kier alpha value is -5.97. The van der Waals surface area contributed by atoms with Crippen LogP contribution in [0.25, 0.3) is 60.1 Å². The van der Waals surface area contributed by atoms with E-state index in [0.717, 1.165) is 28.0 Å². The molecular weight excluding hydrogens is 548 g/mol. The zero-order valence-corrected chi connectivity index (χ0v) is 24.5. The number of nitrogens with zero attached hydrogens (tertiary/aromatic N) is 2. The van der Waals surface area contributed by atoms with E-state index < -0.39 is 0 Å². The Labute approximate surface area is 261 Å². The summed E-state index contributed by atoms with van der Waals surface area (Å²) in [5.41, 5.74) is 10.6. The summed E-state index contributed by atoms with van der Waals surface area (Å²) in [7, 11) is 0. The van der Waals surface area contributed by atoms with E-state index in [0.29, 0.717) is 11.4 Å². The third-order valence-corrected chi connectivity index (χ3v) is 8.51. The van der Waals surface area contributed by atoms with Gasteiger partial charge < -0.3 is 0 Å². The maximum Gasteiger partial charge on any atom is 0.156 e. The van der Waals surface area contributed by atoms with Crippen molar-refractivity contribution in [3.05, 3.63) is 164 Å². The Morgan fingerprint density at radius 2 is 1.20 bits per heavy atom. The minimum atomic E-state index is 0.390. The van der Waals surface area contributed by atoms with E-state index in [1.807, 2.05) is 41.8 Å². The van der Waals surface area contributed by atoms with Crippen molar-refractivity contribution in [1.29, 1.82) is 5.41 Å². The molecule has 212 valence electrons. The summed E-state index contributed by atoms with van der Waals surface area (Å²) in [5.74, 6) is 0. The Balaban J connectivity index is 1.19. The van der Waals surface area contributed by atoms with Crippen LogP contribution >= 0.6 is 0 Å². The zero-order valence-electron chi connectivity index (χ0n) is 24.5. The van der Waals surface area contributed by atoms with Gasteiger partial charge in [-0.1, -0.05) is 108 Å². The summed E-state index contributed by atoms with van der Waals surface area (Å²) in [5, 5.41) is 20.9. The summed E-state index contributed by atoms with van der Waals surface area (Å²) in [4.78, 5) is 4.12. The number of nitrogens with two attached hydrogens (primary N) is 1. The third kappa shape index (κ3) is 4.93. The molecule has 1 aliphatic carbocycles. The predicted octanol–water partition coefficient (Wildman–Crippen LogP) is 9.10. The highest BCUT2D eigenvalue weighted by atomic mass is 15.3. The molecule has 0 radical (unpaired) electrons. The molecule has 3 N–H and O–H groups in total. The molecule has 6 aromatic carbocycles. The molecule has 0 amide bonds. The first-order chi connectivity index (χ1) is 22.2. The van der Waals surface area contributed by atoms with Crippen molar-refractivity contribution >= 4 is 55.0 Å². The molecule has 4 heteroatoms. The third-order valence-electron chi connectivity index (χ3n) is 8.51. The molecule has 0 fully saturated rings. The standard InChI is InChI=1S/C41H28N4/c42-38-26-32(18-19-39(38)45-44-33-11-7-10-30(25-33)28-20-22-43-23-21-28)41-36-14-5-3-12-34(36)40(35-13-4-6-15-37(35)41)31-17-16-27-8-1-2-9-29(27)24-31/h1-26,42,44H/p+1. The lowest BCUT2D eigenvalue weighted by atomic mass is 9.84. The summed E-state index contributed by atoms with van der Waals surface area (Å²) in [6.45, 7) is 0. The molecule has 0 bridgehead atoms. The summed E-state index contributed by atoms with van der Waals surface area (Å²) < 4.78 is 0. The van der Waals surface area contributed by atoms with Gasteiger partial charge in [-0.2, -0.15) is 5.43 Å². The van der Waals surface area contributed by atoms with Crippen molar-refractivity contribution in [3.63, 3.8) is 0 Å². The second-order valence-electron chi connectivity index (χ2n) is 11.3. The fourth-order valence-corrected chi connectivity index (χ4v) is 6.39. The van der Waals surface area contributed by atoms with E-state index in [-0.39, 0.29) is 0 Å². The first-order valence-corrected chi connectivity index (χ1v) is 15.1. The van der Waals surface area contributed by atoms with Gasteiger partial charge >= 0.3 is 0 Å². The minimum absolute atomic E-state index is 0.390. The Morgan fingerprint density at radius 1 is 0.533 bits per heavy atom. The molecule has 8 rings (SSSR count). The zero-order chi connectivity index (χ0) is 30.2. The lowest BCUT2D eigenvalue weighted by Gasteiger charge is -2.19. The number of rotatable bonds is 5. The molecule has 0 unspecified atom stereocenters. The summed E-state index contributed by atoms with van der Waals surface area (Å²) in [6, 6.07) is 44.8. The van der Waals surface area contributed by atoms with Gasteiger partial charge in [0.1, 0.15) is 5.71 Å². The quantitative estimate of drug-likeness (QED) is 0.0692. The van der Waals surface area contributed by atoms with Gasteiger partial charge in [0.05, 0.1) is 5.71 Å². The average molecular weight is 578 g/mol. The topological polar surface area (TPSA) is 65.7 Å². The number of quaternary nitrogens is 1. The highest BCUT2D eigenvalue weighted by Crippen LogP contribution is 2.43. The molecule has 4 nitrogen and oxygen atoms in total. The van der Waals surface area contributed by atoms with Crippen LogP contribution in [0.3, 0.4) is 0 Å². The van der Waals surface area contributed by atoms with Crippen molar-refractivity contribution in [2.24, 2.45) is 5.10 Å². The molecule has 1 heterocycles. The van der Waals surface area contributed by atoms with Crippen LogP contribution in [0.15, 0.2) is 163 Å². The highest BCUT2D eigenvalue weighted by molar-refractivity contribution is 6.51. The number of allylic oxidation sites excluding steroid dienone is 4. The summed E-state index contributed by atoms with van der Waals surface area (Å²) in [6.07, 6.45) is 9.61. The number of fused-ring (bicyclic) bond motifs is 3. The normalized spacial score (nSPS) is 14.0. The molecule has 1 aromatic heterocycles. The van der Waals surface area contributed by atoms with E-state index in [9.17, 15) is 0 Å². The Kier molecular flexibility index (Phi) is 6.67. The number of hydrogen-bond acceptors (Lipinski definition) is 3. The van der Waals surface area contributed by atoms with Gasteiger partial charge in [0.25, 0.3) is 0 Å². The molecule has 0 aliphatic heterocycles. The van der Waals surface area contributed by atoms with Gasteiger partial charge in [-0.15, -0.1) is 0 Å².